The summed E-state index contributed by atoms with van der Waals surface area (Å²) in [6.45, 7) is 2.31. The summed E-state index contributed by atoms with van der Waals surface area (Å²) in [7, 11) is -2.78. The molecule has 39 heavy (non-hydrogen) atoms. The van der Waals surface area contributed by atoms with E-state index in [4.69, 9.17) is 4.74 Å². The van der Waals surface area contributed by atoms with Gasteiger partial charge in [0.15, 0.2) is 0 Å². The van der Waals surface area contributed by atoms with Crippen LogP contribution in [0.3, 0.4) is 0 Å². The largest absolute Gasteiger partial charge is 0.543 e. The summed E-state index contributed by atoms with van der Waals surface area (Å²) in [5.74, 6) is -2.21. The zero-order valence-corrected chi connectivity index (χ0v) is 22.5. The Morgan fingerprint density at radius 3 is 2.44 bits per heavy atom. The van der Waals surface area contributed by atoms with Crippen LogP contribution in [0.1, 0.15) is 68.5 Å². The highest BCUT2D eigenvalue weighted by Gasteiger charge is 2.21. The number of carbonyl (C=O) groups is 3. The first-order valence-electron chi connectivity index (χ1n) is 12.4. The van der Waals surface area contributed by atoms with E-state index >= 15 is 0 Å². The molecule has 1 aromatic heterocycles. The van der Waals surface area contributed by atoms with Crippen molar-refractivity contribution in [2.24, 2.45) is 0 Å². The fourth-order valence-corrected chi connectivity index (χ4v) is 4.89. The Morgan fingerprint density at radius 2 is 1.72 bits per heavy atom. The van der Waals surface area contributed by atoms with E-state index in [9.17, 15) is 27.9 Å². The van der Waals surface area contributed by atoms with Gasteiger partial charge in [0.1, 0.15) is 5.75 Å². The van der Waals surface area contributed by atoms with Crippen LogP contribution in [0.5, 0.6) is 5.75 Å². The Balaban J connectivity index is 1.69. The summed E-state index contributed by atoms with van der Waals surface area (Å²) < 4.78 is 33.0. The molecule has 0 saturated heterocycles. The van der Waals surface area contributed by atoms with Gasteiger partial charge in [-0.25, -0.2) is 13.1 Å². The van der Waals surface area contributed by atoms with Gasteiger partial charge in [0.25, 0.3) is 21.8 Å². The van der Waals surface area contributed by atoms with Gasteiger partial charge in [-0.15, -0.1) is 0 Å². The zero-order valence-electron chi connectivity index (χ0n) is 21.7. The Hall–Kier alpha value is -4.25. The minimum Gasteiger partial charge on any atom is -0.543 e. The van der Waals surface area contributed by atoms with Crippen molar-refractivity contribution in [3.05, 3.63) is 88.7 Å². The van der Waals surface area contributed by atoms with E-state index in [1.165, 1.54) is 30.3 Å². The number of sulfonamides is 1. The average Bonchev–Trinajstić information content (AvgIpc) is 2.93. The van der Waals surface area contributed by atoms with E-state index in [2.05, 4.69) is 10.3 Å². The number of aryl methyl sites for hydroxylation is 1. The summed E-state index contributed by atoms with van der Waals surface area (Å²) >= 11 is 0. The number of rotatable bonds is 13. The highest BCUT2D eigenvalue weighted by atomic mass is 32.2. The van der Waals surface area contributed by atoms with Crippen molar-refractivity contribution < 1.29 is 32.6 Å². The number of benzene rings is 2. The van der Waals surface area contributed by atoms with Gasteiger partial charge in [0, 0.05) is 18.3 Å². The van der Waals surface area contributed by atoms with Crippen LogP contribution in [-0.4, -0.2) is 44.8 Å². The molecule has 10 nitrogen and oxygen atoms in total. The van der Waals surface area contributed by atoms with Gasteiger partial charge >= 0.3 is 0 Å². The Bertz CT molecular complexity index is 1460. The molecule has 11 heteroatoms. The molecule has 0 aliphatic heterocycles. The van der Waals surface area contributed by atoms with E-state index < -0.39 is 27.8 Å². The van der Waals surface area contributed by atoms with E-state index in [-0.39, 0.29) is 21.7 Å². The number of aromatic nitrogens is 1. The molecule has 0 unspecified atom stereocenters. The average molecular weight is 553 g/mol. The number of aromatic carboxylic acids is 1. The number of ether oxygens (including phenoxy) is 1. The highest BCUT2D eigenvalue weighted by molar-refractivity contribution is 7.90. The maximum absolute atomic E-state index is 12.9. The number of nitrogens with zero attached hydrogens (tertiary/aromatic N) is 1. The number of pyridine rings is 1. The molecule has 0 saturated carbocycles. The van der Waals surface area contributed by atoms with Crippen LogP contribution in [0.15, 0.2) is 65.7 Å². The third kappa shape index (κ3) is 8.11. The minimum atomic E-state index is -4.34. The Kier molecular flexibility index (Phi) is 10.2. The van der Waals surface area contributed by atoms with Crippen molar-refractivity contribution >= 4 is 27.8 Å². The number of methoxy groups -OCH3 is 1. The third-order valence-electron chi connectivity index (χ3n) is 5.94. The molecule has 0 radical (unpaired) electrons. The summed E-state index contributed by atoms with van der Waals surface area (Å²) in [4.78, 5) is 40.3. The minimum absolute atomic E-state index is 0.106. The highest BCUT2D eigenvalue weighted by Crippen LogP contribution is 2.16. The van der Waals surface area contributed by atoms with Crippen LogP contribution in [0.25, 0.3) is 0 Å². The van der Waals surface area contributed by atoms with Crippen LogP contribution in [-0.2, 0) is 22.9 Å². The van der Waals surface area contributed by atoms with Gasteiger partial charge in [-0.05, 0) is 66.8 Å². The number of unbranched alkanes of at least 4 members (excludes halogenated alkanes) is 2. The molecule has 2 N–H and O–H groups in total. The quantitative estimate of drug-likeness (QED) is 0.306. The van der Waals surface area contributed by atoms with Crippen LogP contribution in [0, 0.1) is 0 Å². The van der Waals surface area contributed by atoms with Gasteiger partial charge in [0.05, 0.1) is 29.2 Å². The van der Waals surface area contributed by atoms with Crippen LogP contribution in [0.4, 0.5) is 0 Å². The molecule has 0 bridgehead atoms. The lowest BCUT2D eigenvalue weighted by Gasteiger charge is -2.12. The van der Waals surface area contributed by atoms with Crippen molar-refractivity contribution in [1.29, 1.82) is 0 Å². The first-order chi connectivity index (χ1) is 18.6. The first kappa shape index (κ1) is 29.3. The van der Waals surface area contributed by atoms with Gasteiger partial charge in [-0.1, -0.05) is 38.0 Å². The summed E-state index contributed by atoms with van der Waals surface area (Å²) in [5, 5.41) is 14.1. The summed E-state index contributed by atoms with van der Waals surface area (Å²) in [6.07, 6.45) is 4.32. The first-order valence-corrected chi connectivity index (χ1v) is 13.9. The maximum Gasteiger partial charge on any atom is 0.266 e. The smallest absolute Gasteiger partial charge is 0.266 e. The maximum atomic E-state index is 12.9. The molecular formula is C28H30N3O7S-. The number of nitrogens with one attached hydrogen (secondary N) is 2. The van der Waals surface area contributed by atoms with Crippen molar-refractivity contribution in [3.8, 4) is 5.75 Å². The molecule has 0 atom stereocenters. The molecule has 2 amide bonds. The lowest BCUT2D eigenvalue weighted by atomic mass is 10.0. The number of hydrogen-bond donors (Lipinski definition) is 2. The molecule has 1 heterocycles. The molecule has 3 rings (SSSR count). The Labute approximate surface area is 227 Å². The van der Waals surface area contributed by atoms with Gasteiger partial charge < -0.3 is 20.0 Å². The standard InChI is InChI=1S/C28H31N3O7S/c1-3-4-5-9-20-16-22(18-30-25(20)28(34)35)27(33)31-39(36,37)24-12-7-10-21(17-24)26(32)29-14-13-19-8-6-11-23(15-19)38-2/h6-8,10-12,15-18H,3-5,9,13-14H2,1-2H3,(H,29,32)(H,31,33)(H,34,35)/p-1. The van der Waals surface area contributed by atoms with Gasteiger partial charge in [-0.2, -0.15) is 0 Å². The molecule has 0 fully saturated rings. The summed E-state index contributed by atoms with van der Waals surface area (Å²) in [6, 6.07) is 14.0. The number of carboxylic acid groups (broad SMARTS) is 1. The van der Waals surface area contributed by atoms with Crippen molar-refractivity contribution in [2.45, 2.75) is 43.9 Å². The second kappa shape index (κ2) is 13.5. The second-order valence-corrected chi connectivity index (χ2v) is 10.5. The second-order valence-electron chi connectivity index (χ2n) is 8.80. The normalized spacial score (nSPS) is 11.0. The molecule has 206 valence electrons. The number of carbonyl (C=O) groups excluding carboxylic acids is 3. The zero-order chi connectivity index (χ0) is 28.4. The molecular weight excluding hydrogens is 522 g/mol. The Morgan fingerprint density at radius 1 is 0.949 bits per heavy atom. The van der Waals surface area contributed by atoms with E-state index in [0.717, 1.165) is 24.6 Å². The van der Waals surface area contributed by atoms with Crippen LogP contribution < -0.4 is 19.9 Å². The molecule has 3 aromatic rings. The fourth-order valence-electron chi connectivity index (χ4n) is 3.87. The van der Waals surface area contributed by atoms with E-state index in [0.29, 0.717) is 37.1 Å². The van der Waals surface area contributed by atoms with Gasteiger partial charge in [-0.3, -0.25) is 14.6 Å². The van der Waals surface area contributed by atoms with Crippen LogP contribution in [0.2, 0.25) is 0 Å². The molecule has 0 aliphatic rings. The number of amides is 2. The monoisotopic (exact) mass is 552 g/mol. The number of hydrogen-bond acceptors (Lipinski definition) is 8. The topological polar surface area (TPSA) is 155 Å². The predicted molar refractivity (Wildman–Crippen MR) is 142 cm³/mol. The van der Waals surface area contributed by atoms with E-state index in [1.807, 2.05) is 35.9 Å². The number of carboxylic acids is 1. The molecule has 0 aliphatic carbocycles. The summed E-state index contributed by atoms with van der Waals surface area (Å²) in [5.41, 5.74) is 0.969. The van der Waals surface area contributed by atoms with Crippen molar-refractivity contribution in [1.82, 2.24) is 15.0 Å². The SMILES string of the molecule is CCCCCc1cc(C(=O)NS(=O)(=O)c2cccc(C(=O)NCCc3cccc(OC)c3)c2)cnc1C(=O)[O-]. The van der Waals surface area contributed by atoms with Crippen LogP contribution >= 0.6 is 0 Å². The lowest BCUT2D eigenvalue weighted by Crippen LogP contribution is -2.32. The predicted octanol–water partition coefficient (Wildman–Crippen LogP) is 2.28. The molecule has 0 spiro atoms. The lowest BCUT2D eigenvalue weighted by molar-refractivity contribution is -0.255. The van der Waals surface area contributed by atoms with Gasteiger partial charge in [0.2, 0.25) is 0 Å². The van der Waals surface area contributed by atoms with Crippen molar-refractivity contribution in [3.63, 3.8) is 0 Å². The third-order valence-corrected chi connectivity index (χ3v) is 7.27. The van der Waals surface area contributed by atoms with Crippen molar-refractivity contribution in [2.75, 3.05) is 13.7 Å². The van der Waals surface area contributed by atoms with E-state index in [1.54, 1.807) is 7.11 Å². The molecule has 2 aromatic carbocycles. The fraction of sp³-hybridized carbons (Fsp3) is 0.286.